The van der Waals surface area contributed by atoms with E-state index in [1.54, 1.807) is 0 Å². The maximum absolute atomic E-state index is 6.49. The Balaban J connectivity index is 1.96. The number of likely N-dealkylation sites (N-methyl/N-ethyl adjacent to an activating group) is 1. The van der Waals surface area contributed by atoms with Crippen LogP contribution in [0.15, 0.2) is 0 Å². The summed E-state index contributed by atoms with van der Waals surface area (Å²) in [6.07, 6.45) is 10.2. The van der Waals surface area contributed by atoms with Crippen LogP contribution in [-0.2, 0) is 19.9 Å². The van der Waals surface area contributed by atoms with Crippen LogP contribution < -0.4 is 5.32 Å². The summed E-state index contributed by atoms with van der Waals surface area (Å²) in [7, 11) is 2.01. The Bertz CT molecular complexity index is 435. The first kappa shape index (κ1) is 16.8. The maximum Gasteiger partial charge on any atom is 0.0850 e. The topological polar surface area (TPSA) is 29.9 Å². The van der Waals surface area contributed by atoms with Gasteiger partial charge in [-0.3, -0.25) is 4.68 Å². The van der Waals surface area contributed by atoms with Gasteiger partial charge in [0.1, 0.15) is 0 Å². The fraction of sp³-hybridized carbons (Fsp3) is 0.824. The molecule has 1 heterocycles. The predicted molar refractivity (Wildman–Crippen MR) is 90.0 cm³/mol. The van der Waals surface area contributed by atoms with Gasteiger partial charge in [-0.2, -0.15) is 5.10 Å². The van der Waals surface area contributed by atoms with Crippen molar-refractivity contribution in [1.82, 2.24) is 15.1 Å². The van der Waals surface area contributed by atoms with E-state index in [9.17, 15) is 0 Å². The minimum absolute atomic E-state index is 0.521. The Labute approximate surface area is 134 Å². The van der Waals surface area contributed by atoms with Gasteiger partial charge in [0.05, 0.1) is 16.4 Å². The van der Waals surface area contributed by atoms with Crippen molar-refractivity contribution >= 4 is 11.6 Å². The van der Waals surface area contributed by atoms with Crippen LogP contribution in [0.5, 0.6) is 0 Å². The van der Waals surface area contributed by atoms with Crippen molar-refractivity contribution in [2.24, 2.45) is 13.0 Å². The molecule has 1 N–H and O–H groups in total. The highest BCUT2D eigenvalue weighted by atomic mass is 35.5. The number of rotatable bonds is 8. The van der Waals surface area contributed by atoms with Crippen LogP contribution in [0.2, 0.25) is 5.02 Å². The second kappa shape index (κ2) is 8.19. The fourth-order valence-corrected chi connectivity index (χ4v) is 3.95. The zero-order chi connectivity index (χ0) is 15.2. The van der Waals surface area contributed by atoms with E-state index in [0.29, 0.717) is 6.04 Å². The molecule has 0 aliphatic heterocycles. The standard InChI is InChI=1S/C17H30ClN3/c1-4-15-17(18)16(21(3)20-15)12-14(19-5-2)11-10-13-8-6-7-9-13/h13-14,19H,4-12H2,1-3H3. The smallest absolute Gasteiger partial charge is 0.0850 e. The first-order valence-electron chi connectivity index (χ1n) is 8.59. The molecule has 2 rings (SSSR count). The van der Waals surface area contributed by atoms with E-state index in [4.69, 9.17) is 11.6 Å². The van der Waals surface area contributed by atoms with E-state index in [-0.39, 0.29) is 0 Å². The van der Waals surface area contributed by atoms with E-state index < -0.39 is 0 Å². The lowest BCUT2D eigenvalue weighted by molar-refractivity contribution is 0.402. The van der Waals surface area contributed by atoms with Crippen molar-refractivity contribution in [2.45, 2.75) is 71.3 Å². The third kappa shape index (κ3) is 4.46. The number of nitrogens with one attached hydrogen (secondary N) is 1. The Morgan fingerprint density at radius 1 is 1.33 bits per heavy atom. The van der Waals surface area contributed by atoms with Gasteiger partial charge in [0.15, 0.2) is 0 Å². The van der Waals surface area contributed by atoms with Crippen LogP contribution in [0, 0.1) is 5.92 Å². The lowest BCUT2D eigenvalue weighted by Gasteiger charge is -2.20. The average Bonchev–Trinajstić information content (AvgIpc) is 3.07. The zero-order valence-corrected chi connectivity index (χ0v) is 14.5. The van der Waals surface area contributed by atoms with Gasteiger partial charge in [-0.25, -0.2) is 0 Å². The molecule has 1 aromatic rings. The predicted octanol–water partition coefficient (Wildman–Crippen LogP) is 4.13. The average molecular weight is 312 g/mol. The van der Waals surface area contributed by atoms with Gasteiger partial charge in [0, 0.05) is 19.5 Å². The van der Waals surface area contributed by atoms with Crippen LogP contribution in [0.25, 0.3) is 0 Å². The quantitative estimate of drug-likeness (QED) is 0.782. The highest BCUT2D eigenvalue weighted by Gasteiger charge is 2.20. The van der Waals surface area contributed by atoms with Crippen molar-refractivity contribution in [3.8, 4) is 0 Å². The molecular weight excluding hydrogens is 282 g/mol. The van der Waals surface area contributed by atoms with Gasteiger partial charge in [0.25, 0.3) is 0 Å². The van der Waals surface area contributed by atoms with Crippen LogP contribution in [-0.4, -0.2) is 22.4 Å². The first-order valence-corrected chi connectivity index (χ1v) is 8.97. The molecule has 1 unspecified atom stereocenters. The summed E-state index contributed by atoms with van der Waals surface area (Å²) >= 11 is 6.49. The van der Waals surface area contributed by atoms with Gasteiger partial charge in [-0.15, -0.1) is 0 Å². The normalized spacial score (nSPS) is 17.5. The summed E-state index contributed by atoms with van der Waals surface area (Å²) in [5, 5.41) is 9.05. The van der Waals surface area contributed by atoms with Gasteiger partial charge in [-0.05, 0) is 31.7 Å². The van der Waals surface area contributed by atoms with E-state index in [1.807, 2.05) is 11.7 Å². The Morgan fingerprint density at radius 3 is 2.62 bits per heavy atom. The summed E-state index contributed by atoms with van der Waals surface area (Å²) in [5.74, 6) is 0.958. The molecule has 3 nitrogen and oxygen atoms in total. The van der Waals surface area contributed by atoms with E-state index in [1.165, 1.54) is 44.2 Å². The Morgan fingerprint density at radius 2 is 2.05 bits per heavy atom. The van der Waals surface area contributed by atoms with Crippen LogP contribution in [0.3, 0.4) is 0 Å². The molecule has 1 fully saturated rings. The molecule has 4 heteroatoms. The second-order valence-corrected chi connectivity index (χ2v) is 6.75. The molecule has 120 valence electrons. The summed E-state index contributed by atoms with van der Waals surface area (Å²) < 4.78 is 1.97. The van der Waals surface area contributed by atoms with Crippen LogP contribution in [0.1, 0.15) is 63.8 Å². The minimum atomic E-state index is 0.521. The molecule has 1 aliphatic rings. The molecule has 0 amide bonds. The highest BCUT2D eigenvalue weighted by molar-refractivity contribution is 6.31. The molecule has 1 aromatic heterocycles. The third-order valence-corrected chi connectivity index (χ3v) is 5.27. The molecule has 21 heavy (non-hydrogen) atoms. The van der Waals surface area contributed by atoms with Gasteiger partial charge >= 0.3 is 0 Å². The monoisotopic (exact) mass is 311 g/mol. The first-order chi connectivity index (χ1) is 10.2. The fourth-order valence-electron chi connectivity index (χ4n) is 3.58. The molecule has 0 aromatic carbocycles. The van der Waals surface area contributed by atoms with E-state index in [0.717, 1.165) is 36.0 Å². The second-order valence-electron chi connectivity index (χ2n) is 6.37. The van der Waals surface area contributed by atoms with Crippen molar-refractivity contribution in [1.29, 1.82) is 0 Å². The minimum Gasteiger partial charge on any atom is -0.314 e. The van der Waals surface area contributed by atoms with Gasteiger partial charge < -0.3 is 5.32 Å². The number of aryl methyl sites for hydroxylation is 2. The molecule has 1 atom stereocenters. The van der Waals surface area contributed by atoms with E-state index >= 15 is 0 Å². The lowest BCUT2D eigenvalue weighted by Crippen LogP contribution is -2.32. The number of hydrogen-bond donors (Lipinski definition) is 1. The number of nitrogens with zero attached hydrogens (tertiary/aromatic N) is 2. The van der Waals surface area contributed by atoms with Crippen LogP contribution in [0.4, 0.5) is 0 Å². The molecule has 1 saturated carbocycles. The van der Waals surface area contributed by atoms with Crippen molar-refractivity contribution in [2.75, 3.05) is 6.54 Å². The lowest BCUT2D eigenvalue weighted by atomic mass is 9.96. The molecule has 0 spiro atoms. The maximum atomic E-state index is 6.49. The number of hydrogen-bond acceptors (Lipinski definition) is 2. The molecule has 1 aliphatic carbocycles. The Hall–Kier alpha value is -0.540. The van der Waals surface area contributed by atoms with Crippen molar-refractivity contribution < 1.29 is 0 Å². The molecule has 0 bridgehead atoms. The number of halogens is 1. The number of aromatic nitrogens is 2. The Kier molecular flexibility index (Phi) is 6.56. The highest BCUT2D eigenvalue weighted by Crippen LogP contribution is 2.30. The van der Waals surface area contributed by atoms with Gasteiger partial charge in [-0.1, -0.05) is 51.1 Å². The molecular formula is C17H30ClN3. The van der Waals surface area contributed by atoms with Gasteiger partial charge in [0.2, 0.25) is 0 Å². The van der Waals surface area contributed by atoms with Crippen molar-refractivity contribution in [3.63, 3.8) is 0 Å². The SMILES string of the molecule is CCNC(CCC1CCCC1)Cc1c(Cl)c(CC)nn1C. The van der Waals surface area contributed by atoms with Crippen molar-refractivity contribution in [3.05, 3.63) is 16.4 Å². The van der Waals surface area contributed by atoms with Crippen LogP contribution >= 0.6 is 11.6 Å². The summed E-state index contributed by atoms with van der Waals surface area (Å²) in [4.78, 5) is 0. The summed E-state index contributed by atoms with van der Waals surface area (Å²) in [6, 6.07) is 0.521. The molecule has 0 saturated heterocycles. The molecule has 0 radical (unpaired) electrons. The summed E-state index contributed by atoms with van der Waals surface area (Å²) in [5.41, 5.74) is 2.21. The third-order valence-electron chi connectivity index (χ3n) is 4.83. The van der Waals surface area contributed by atoms with E-state index in [2.05, 4.69) is 24.3 Å². The zero-order valence-electron chi connectivity index (χ0n) is 13.8. The largest absolute Gasteiger partial charge is 0.314 e. The summed E-state index contributed by atoms with van der Waals surface area (Å²) in [6.45, 7) is 5.32.